The molecule has 4 heteroatoms. The Morgan fingerprint density at radius 1 is 1.21 bits per heavy atom. The topological polar surface area (TPSA) is 55.9 Å². The number of nitrogens with two attached hydrogens (primary N) is 1. The van der Waals surface area contributed by atoms with E-state index in [1.54, 1.807) is 0 Å². The third-order valence-electron chi connectivity index (χ3n) is 3.67. The van der Waals surface area contributed by atoms with Crippen LogP contribution >= 0.6 is 0 Å². The Bertz CT molecular complexity index is 531. The molecule has 0 aliphatic heterocycles. The maximum atomic E-state index is 5.70. The lowest BCUT2D eigenvalue weighted by molar-refractivity contribution is 0.520. The summed E-state index contributed by atoms with van der Waals surface area (Å²) in [4.78, 5) is 0. The molecule has 0 amide bonds. The number of benzene rings is 1. The molecule has 1 heterocycles. The molecule has 19 heavy (non-hydrogen) atoms. The number of aryl methyl sites for hydroxylation is 2. The summed E-state index contributed by atoms with van der Waals surface area (Å²) in [5.74, 6) is 5.70. The van der Waals surface area contributed by atoms with Crippen LogP contribution in [0.1, 0.15) is 22.5 Å². The number of aromatic nitrogens is 2. The molecule has 0 saturated carbocycles. The molecule has 1 unspecified atom stereocenters. The second-order valence-electron chi connectivity index (χ2n) is 5.03. The van der Waals surface area contributed by atoms with Gasteiger partial charge in [0.1, 0.15) is 0 Å². The fourth-order valence-electron chi connectivity index (χ4n) is 2.45. The Balaban J connectivity index is 2.11. The van der Waals surface area contributed by atoms with Gasteiger partial charge in [-0.15, -0.1) is 0 Å². The largest absolute Gasteiger partial charge is 0.272 e. The first kappa shape index (κ1) is 13.8. The third-order valence-corrected chi connectivity index (χ3v) is 3.67. The van der Waals surface area contributed by atoms with Crippen molar-refractivity contribution in [2.45, 2.75) is 32.7 Å². The van der Waals surface area contributed by atoms with Crippen LogP contribution in [0.5, 0.6) is 0 Å². The molecule has 3 N–H and O–H groups in total. The van der Waals surface area contributed by atoms with E-state index >= 15 is 0 Å². The van der Waals surface area contributed by atoms with Gasteiger partial charge in [0.15, 0.2) is 0 Å². The molecule has 1 atom stereocenters. The second-order valence-corrected chi connectivity index (χ2v) is 5.03. The molecule has 0 aliphatic carbocycles. The zero-order chi connectivity index (χ0) is 13.8. The number of hydrogen-bond acceptors (Lipinski definition) is 3. The van der Waals surface area contributed by atoms with Gasteiger partial charge in [-0.2, -0.15) is 5.10 Å². The molecule has 0 radical (unpaired) electrons. The van der Waals surface area contributed by atoms with Gasteiger partial charge in [-0.25, -0.2) is 0 Å². The normalized spacial score (nSPS) is 12.6. The van der Waals surface area contributed by atoms with Crippen LogP contribution in [0.4, 0.5) is 0 Å². The number of nitrogens with zero attached hydrogens (tertiary/aromatic N) is 2. The first-order valence-electron chi connectivity index (χ1n) is 6.61. The Morgan fingerprint density at radius 2 is 1.89 bits per heavy atom. The molecule has 1 aromatic carbocycles. The van der Waals surface area contributed by atoms with Crippen molar-refractivity contribution in [1.82, 2.24) is 15.2 Å². The lowest BCUT2D eigenvalue weighted by Gasteiger charge is -2.16. The number of hydrazine groups is 1. The minimum Gasteiger partial charge on any atom is -0.272 e. The van der Waals surface area contributed by atoms with Crippen molar-refractivity contribution in [2.24, 2.45) is 12.9 Å². The standard InChI is InChI=1S/C15H22N4/c1-11-15(12(2)19(3)18-11)10-14(17-16)9-13-7-5-4-6-8-13/h4-8,14,17H,9-10,16H2,1-3H3. The average Bonchev–Trinajstić information content (AvgIpc) is 2.65. The van der Waals surface area contributed by atoms with Crippen molar-refractivity contribution in [3.05, 3.63) is 52.8 Å². The van der Waals surface area contributed by atoms with Crippen molar-refractivity contribution < 1.29 is 0 Å². The molecule has 0 bridgehead atoms. The van der Waals surface area contributed by atoms with E-state index in [0.29, 0.717) is 0 Å². The molecule has 102 valence electrons. The fourth-order valence-corrected chi connectivity index (χ4v) is 2.45. The van der Waals surface area contributed by atoms with Crippen molar-refractivity contribution in [2.75, 3.05) is 0 Å². The van der Waals surface area contributed by atoms with Gasteiger partial charge in [0.25, 0.3) is 0 Å². The minimum atomic E-state index is 0.226. The lowest BCUT2D eigenvalue weighted by Crippen LogP contribution is -2.38. The van der Waals surface area contributed by atoms with Gasteiger partial charge in [0, 0.05) is 18.8 Å². The molecule has 2 rings (SSSR count). The van der Waals surface area contributed by atoms with E-state index < -0.39 is 0 Å². The highest BCUT2D eigenvalue weighted by Gasteiger charge is 2.15. The van der Waals surface area contributed by atoms with E-state index in [2.05, 4.69) is 48.6 Å². The van der Waals surface area contributed by atoms with Crippen LogP contribution in [-0.4, -0.2) is 15.8 Å². The highest BCUT2D eigenvalue weighted by Crippen LogP contribution is 2.16. The Hall–Kier alpha value is -1.65. The first-order valence-corrected chi connectivity index (χ1v) is 6.61. The molecule has 4 nitrogen and oxygen atoms in total. The van der Waals surface area contributed by atoms with Gasteiger partial charge in [0.05, 0.1) is 5.69 Å². The maximum Gasteiger partial charge on any atom is 0.0628 e. The van der Waals surface area contributed by atoms with E-state index in [-0.39, 0.29) is 6.04 Å². The summed E-state index contributed by atoms with van der Waals surface area (Å²) >= 11 is 0. The summed E-state index contributed by atoms with van der Waals surface area (Å²) in [5, 5.41) is 4.45. The number of nitrogens with one attached hydrogen (secondary N) is 1. The van der Waals surface area contributed by atoms with E-state index in [4.69, 9.17) is 5.84 Å². The van der Waals surface area contributed by atoms with Crippen LogP contribution < -0.4 is 11.3 Å². The molecule has 0 spiro atoms. The quantitative estimate of drug-likeness (QED) is 0.633. The Labute approximate surface area is 114 Å². The zero-order valence-electron chi connectivity index (χ0n) is 11.9. The summed E-state index contributed by atoms with van der Waals surface area (Å²) in [6.07, 6.45) is 1.82. The van der Waals surface area contributed by atoms with Crippen LogP contribution in [0.25, 0.3) is 0 Å². The molecule has 0 saturated heterocycles. The van der Waals surface area contributed by atoms with E-state index in [1.165, 1.54) is 16.8 Å². The van der Waals surface area contributed by atoms with Crippen molar-refractivity contribution in [1.29, 1.82) is 0 Å². The van der Waals surface area contributed by atoms with Gasteiger partial charge >= 0.3 is 0 Å². The summed E-state index contributed by atoms with van der Waals surface area (Å²) in [6, 6.07) is 10.6. The molecule has 1 aromatic heterocycles. The van der Waals surface area contributed by atoms with Gasteiger partial charge in [-0.3, -0.25) is 16.0 Å². The van der Waals surface area contributed by atoms with Crippen LogP contribution in [-0.2, 0) is 19.9 Å². The second kappa shape index (κ2) is 5.99. The van der Waals surface area contributed by atoms with Crippen molar-refractivity contribution in [3.63, 3.8) is 0 Å². The molecule has 0 fully saturated rings. The highest BCUT2D eigenvalue weighted by molar-refractivity contribution is 5.26. The van der Waals surface area contributed by atoms with E-state index in [9.17, 15) is 0 Å². The van der Waals surface area contributed by atoms with Gasteiger partial charge in [0.2, 0.25) is 0 Å². The minimum absolute atomic E-state index is 0.226. The van der Waals surface area contributed by atoms with Gasteiger partial charge in [-0.1, -0.05) is 30.3 Å². The first-order chi connectivity index (χ1) is 9.11. The van der Waals surface area contributed by atoms with E-state index in [0.717, 1.165) is 18.5 Å². The Kier molecular flexibility index (Phi) is 4.35. The van der Waals surface area contributed by atoms with Crippen LogP contribution in [0.15, 0.2) is 30.3 Å². The maximum absolute atomic E-state index is 5.70. The molecule has 0 aliphatic rings. The zero-order valence-corrected chi connectivity index (χ0v) is 11.9. The molecular formula is C15H22N4. The summed E-state index contributed by atoms with van der Waals surface area (Å²) < 4.78 is 1.93. The SMILES string of the molecule is Cc1nn(C)c(C)c1CC(Cc1ccccc1)NN. The molecular weight excluding hydrogens is 236 g/mol. The fraction of sp³-hybridized carbons (Fsp3) is 0.400. The van der Waals surface area contributed by atoms with Crippen molar-refractivity contribution in [3.8, 4) is 0 Å². The summed E-state index contributed by atoms with van der Waals surface area (Å²) in [7, 11) is 1.98. The number of rotatable bonds is 5. The van der Waals surface area contributed by atoms with Gasteiger partial charge in [-0.05, 0) is 37.8 Å². The van der Waals surface area contributed by atoms with E-state index in [1.807, 2.05) is 17.8 Å². The predicted octanol–water partition coefficient (Wildman–Crippen LogP) is 1.65. The van der Waals surface area contributed by atoms with Gasteiger partial charge < -0.3 is 0 Å². The highest BCUT2D eigenvalue weighted by atomic mass is 15.3. The van der Waals surface area contributed by atoms with Crippen LogP contribution in [0.2, 0.25) is 0 Å². The summed E-state index contributed by atoms with van der Waals surface area (Å²) in [5.41, 5.74) is 7.82. The molecule has 2 aromatic rings. The Morgan fingerprint density at radius 3 is 2.42 bits per heavy atom. The summed E-state index contributed by atoms with van der Waals surface area (Å²) in [6.45, 7) is 4.16. The number of hydrogen-bond donors (Lipinski definition) is 2. The van der Waals surface area contributed by atoms with Crippen molar-refractivity contribution >= 4 is 0 Å². The smallest absolute Gasteiger partial charge is 0.0628 e. The lowest BCUT2D eigenvalue weighted by atomic mass is 9.98. The monoisotopic (exact) mass is 258 g/mol. The average molecular weight is 258 g/mol. The van der Waals surface area contributed by atoms with Crippen LogP contribution in [0.3, 0.4) is 0 Å². The third kappa shape index (κ3) is 3.22. The predicted molar refractivity (Wildman–Crippen MR) is 77.6 cm³/mol. The van der Waals surface area contributed by atoms with Crippen LogP contribution in [0, 0.1) is 13.8 Å².